The van der Waals surface area contributed by atoms with Gasteiger partial charge in [0.25, 0.3) is 0 Å². The number of pyridine rings is 1. The molecule has 0 saturated heterocycles. The molecular formula is C25H23ClN6O2S. The molecule has 1 aliphatic heterocycles. The first-order valence-corrected chi connectivity index (χ1v) is 12.6. The third kappa shape index (κ3) is 4.21. The van der Waals surface area contributed by atoms with Crippen LogP contribution in [0.25, 0.3) is 15.8 Å². The predicted octanol–water partition coefficient (Wildman–Crippen LogP) is 4.53. The summed E-state index contributed by atoms with van der Waals surface area (Å²) in [6.07, 6.45) is 5.16. The third-order valence-corrected chi connectivity index (χ3v) is 7.71. The highest BCUT2D eigenvalue weighted by atomic mass is 35.5. The molecule has 2 aliphatic rings. The molecular weight excluding hydrogens is 484 g/mol. The molecule has 1 aromatic carbocycles. The number of allylic oxidation sites excluding steroid dienone is 1. The highest BCUT2D eigenvalue weighted by molar-refractivity contribution is 7.20. The number of hydrazine groups is 1. The van der Waals surface area contributed by atoms with Gasteiger partial charge in [0.05, 0.1) is 29.3 Å². The van der Waals surface area contributed by atoms with Crippen molar-refractivity contribution in [1.82, 2.24) is 25.4 Å². The Balaban J connectivity index is 1.27. The molecule has 8 nitrogen and oxygen atoms in total. The van der Waals surface area contributed by atoms with Crippen molar-refractivity contribution in [3.8, 4) is 5.75 Å². The van der Waals surface area contributed by atoms with E-state index in [-0.39, 0.29) is 6.61 Å². The molecule has 3 N–H and O–H groups in total. The molecule has 6 rings (SSSR count). The molecule has 0 unspecified atom stereocenters. The van der Waals surface area contributed by atoms with Gasteiger partial charge in [0.2, 0.25) is 0 Å². The number of benzene rings is 1. The van der Waals surface area contributed by atoms with Crippen LogP contribution in [0.4, 0.5) is 11.5 Å². The minimum Gasteiger partial charge on any atom is -0.486 e. The van der Waals surface area contributed by atoms with E-state index in [1.807, 2.05) is 36.4 Å². The van der Waals surface area contributed by atoms with Crippen molar-refractivity contribution in [2.45, 2.75) is 19.4 Å². The summed E-state index contributed by atoms with van der Waals surface area (Å²) in [6.45, 7) is 1.83. The average molecular weight is 507 g/mol. The summed E-state index contributed by atoms with van der Waals surface area (Å²) in [4.78, 5) is 15.6. The van der Waals surface area contributed by atoms with Crippen LogP contribution in [-0.4, -0.2) is 44.8 Å². The lowest BCUT2D eigenvalue weighted by molar-refractivity contribution is 0.195. The summed E-state index contributed by atoms with van der Waals surface area (Å²) in [6, 6.07) is 11.3. The molecule has 0 amide bonds. The number of aromatic nitrogens is 3. The van der Waals surface area contributed by atoms with E-state index in [2.05, 4.69) is 30.7 Å². The van der Waals surface area contributed by atoms with Gasteiger partial charge in [-0.3, -0.25) is 4.98 Å². The summed E-state index contributed by atoms with van der Waals surface area (Å²) >= 11 is 8.22. The van der Waals surface area contributed by atoms with Crippen molar-refractivity contribution < 1.29 is 9.84 Å². The molecule has 4 aromatic rings. The number of fused-ring (bicyclic) bond motifs is 4. The van der Waals surface area contributed by atoms with Crippen molar-refractivity contribution in [3.63, 3.8) is 0 Å². The van der Waals surface area contributed by atoms with E-state index < -0.39 is 0 Å². The van der Waals surface area contributed by atoms with Crippen LogP contribution < -0.4 is 15.5 Å². The van der Waals surface area contributed by atoms with Crippen molar-refractivity contribution in [1.29, 1.82) is 0 Å². The Kier molecular flexibility index (Phi) is 5.99. The standard InChI is InChI=1S/C25H23ClN6O2S/c26-19-11-15(4-7-21(19)34-13-16-3-1-2-8-27-16)31-24-22-17-5-6-20-18(12-30-32(20)9-10-33)23(17)35-25(22)29-14-28-24/h1-4,7-8,11,14,30,33H,5-6,9-10,12-13H2,(H,28,29,31). The van der Waals surface area contributed by atoms with Crippen LogP contribution in [0, 0.1) is 0 Å². The molecule has 4 heterocycles. The number of nitrogens with one attached hydrogen (secondary N) is 2. The summed E-state index contributed by atoms with van der Waals surface area (Å²) in [7, 11) is 0. The smallest absolute Gasteiger partial charge is 0.142 e. The van der Waals surface area contributed by atoms with Crippen LogP contribution in [0.3, 0.4) is 0 Å². The number of hydrogen-bond donors (Lipinski definition) is 3. The van der Waals surface area contributed by atoms with Gasteiger partial charge in [-0.05, 0) is 48.7 Å². The largest absolute Gasteiger partial charge is 0.486 e. The lowest BCUT2D eigenvalue weighted by Crippen LogP contribution is -2.34. The van der Waals surface area contributed by atoms with Gasteiger partial charge in [-0.15, -0.1) is 11.3 Å². The second kappa shape index (κ2) is 9.43. The van der Waals surface area contributed by atoms with Crippen LogP contribution in [0.15, 0.2) is 54.6 Å². The van der Waals surface area contributed by atoms with Crippen molar-refractivity contribution in [3.05, 3.63) is 75.8 Å². The maximum Gasteiger partial charge on any atom is 0.142 e. The highest BCUT2D eigenvalue weighted by Crippen LogP contribution is 2.45. The highest BCUT2D eigenvalue weighted by Gasteiger charge is 2.31. The van der Waals surface area contributed by atoms with Crippen LogP contribution in [0.2, 0.25) is 5.02 Å². The quantitative estimate of drug-likeness (QED) is 0.336. The van der Waals surface area contributed by atoms with E-state index in [9.17, 15) is 5.11 Å². The van der Waals surface area contributed by atoms with Crippen LogP contribution in [-0.2, 0) is 13.0 Å². The Morgan fingerprint density at radius 2 is 2.11 bits per heavy atom. The topological polar surface area (TPSA) is 95.4 Å². The number of hydrogen-bond acceptors (Lipinski definition) is 9. The first-order chi connectivity index (χ1) is 17.2. The van der Waals surface area contributed by atoms with Crippen LogP contribution >= 0.6 is 22.9 Å². The number of aliphatic hydroxyl groups excluding tert-OH is 1. The molecule has 35 heavy (non-hydrogen) atoms. The lowest BCUT2D eigenvalue weighted by atomic mass is 9.94. The number of β-amino-alcohol motifs (C(OH)–C–C–N with tert-alkyl or cyclic N) is 1. The van der Waals surface area contributed by atoms with Gasteiger partial charge in [-0.2, -0.15) is 0 Å². The first kappa shape index (κ1) is 22.2. The fourth-order valence-electron chi connectivity index (χ4n) is 4.62. The van der Waals surface area contributed by atoms with E-state index in [1.54, 1.807) is 23.9 Å². The Bertz CT molecular complexity index is 1420. The third-order valence-electron chi connectivity index (χ3n) is 6.21. The number of ether oxygens (including phenoxy) is 1. The summed E-state index contributed by atoms with van der Waals surface area (Å²) < 4.78 is 5.85. The predicted molar refractivity (Wildman–Crippen MR) is 138 cm³/mol. The minimum absolute atomic E-state index is 0.123. The number of aryl methyl sites for hydroxylation is 1. The van der Waals surface area contributed by atoms with E-state index in [0.29, 0.717) is 23.9 Å². The Hall–Kier alpha value is -3.24. The van der Waals surface area contributed by atoms with E-state index >= 15 is 0 Å². The lowest BCUT2D eigenvalue weighted by Gasteiger charge is -2.23. The maximum atomic E-state index is 9.37. The number of halogens is 1. The number of thiophene rings is 1. The zero-order valence-corrected chi connectivity index (χ0v) is 20.4. The molecule has 3 aromatic heterocycles. The molecule has 0 bridgehead atoms. The SMILES string of the molecule is OCCN1NCC2=C1CCc1c2sc2ncnc(Nc3ccc(OCc4ccccn4)c(Cl)c3)c12. The molecule has 1 aliphatic carbocycles. The molecule has 0 spiro atoms. The van der Waals surface area contributed by atoms with Gasteiger partial charge in [0.15, 0.2) is 0 Å². The normalized spacial score (nSPS) is 14.9. The molecule has 10 heteroatoms. The van der Waals surface area contributed by atoms with E-state index in [0.717, 1.165) is 46.8 Å². The fraction of sp³-hybridized carbons (Fsp3) is 0.240. The minimum atomic E-state index is 0.123. The number of aliphatic hydroxyl groups is 1. The van der Waals surface area contributed by atoms with Crippen molar-refractivity contribution in [2.24, 2.45) is 0 Å². The van der Waals surface area contributed by atoms with Crippen molar-refractivity contribution in [2.75, 3.05) is 25.0 Å². The Morgan fingerprint density at radius 3 is 2.94 bits per heavy atom. The zero-order chi connectivity index (χ0) is 23.8. The maximum absolute atomic E-state index is 9.37. The van der Waals surface area contributed by atoms with Gasteiger partial charge < -0.3 is 20.2 Å². The molecule has 0 saturated carbocycles. The fourth-order valence-corrected chi connectivity index (χ4v) is 6.12. The second-order valence-corrected chi connectivity index (χ2v) is 9.73. The summed E-state index contributed by atoms with van der Waals surface area (Å²) in [5, 5.41) is 16.5. The molecule has 178 valence electrons. The average Bonchev–Trinajstić information content (AvgIpc) is 3.46. The monoisotopic (exact) mass is 506 g/mol. The van der Waals surface area contributed by atoms with Crippen LogP contribution in [0.5, 0.6) is 5.75 Å². The Morgan fingerprint density at radius 1 is 1.17 bits per heavy atom. The first-order valence-electron chi connectivity index (χ1n) is 11.4. The molecule has 0 fully saturated rings. The molecule has 0 radical (unpaired) electrons. The summed E-state index contributed by atoms with van der Waals surface area (Å²) in [5.74, 6) is 1.37. The van der Waals surface area contributed by atoms with Crippen molar-refractivity contribution >= 4 is 50.2 Å². The number of nitrogens with zero attached hydrogens (tertiary/aromatic N) is 4. The van der Waals surface area contributed by atoms with E-state index in [4.69, 9.17) is 16.3 Å². The number of anilines is 2. The van der Waals surface area contributed by atoms with Gasteiger partial charge in [0.1, 0.15) is 29.3 Å². The van der Waals surface area contributed by atoms with Gasteiger partial charge >= 0.3 is 0 Å². The van der Waals surface area contributed by atoms with Gasteiger partial charge in [0, 0.05) is 34.6 Å². The summed E-state index contributed by atoms with van der Waals surface area (Å²) in [5.41, 5.74) is 8.91. The second-order valence-electron chi connectivity index (χ2n) is 8.33. The van der Waals surface area contributed by atoms with E-state index in [1.165, 1.54) is 21.7 Å². The number of rotatable bonds is 7. The van der Waals surface area contributed by atoms with Crippen LogP contribution in [0.1, 0.15) is 22.6 Å². The van der Waals surface area contributed by atoms with Gasteiger partial charge in [-0.1, -0.05) is 17.7 Å². The molecule has 0 atom stereocenters. The van der Waals surface area contributed by atoms with Gasteiger partial charge in [-0.25, -0.2) is 15.4 Å². The Labute approximate surface area is 211 Å². The zero-order valence-electron chi connectivity index (χ0n) is 18.8.